The second kappa shape index (κ2) is 12.1. The van der Waals surface area contributed by atoms with Crippen LogP contribution >= 0.6 is 0 Å². The summed E-state index contributed by atoms with van der Waals surface area (Å²) in [6.45, 7) is 14.9. The number of nitrogens with zero attached hydrogens (tertiary/aromatic N) is 1. The van der Waals surface area contributed by atoms with Crippen molar-refractivity contribution in [3.63, 3.8) is 0 Å². The highest BCUT2D eigenvalue weighted by Gasteiger charge is 2.35. The predicted molar refractivity (Wildman–Crippen MR) is 102 cm³/mol. The molecule has 0 N–H and O–H groups in total. The molecule has 8 heteroatoms. The molecule has 1 amide bonds. The maximum atomic E-state index is 12.4. The van der Waals surface area contributed by atoms with Crippen LogP contribution in [0.5, 0.6) is 0 Å². The van der Waals surface area contributed by atoms with E-state index in [9.17, 15) is 14.4 Å². The van der Waals surface area contributed by atoms with E-state index >= 15 is 0 Å². The molecular formula is C20H29NO7. The summed E-state index contributed by atoms with van der Waals surface area (Å²) in [5.74, 6) is -1.39. The normalized spacial score (nSPS) is 17.1. The quantitative estimate of drug-likeness (QED) is 0.202. The molecule has 1 aliphatic rings. The van der Waals surface area contributed by atoms with Gasteiger partial charge in [0.1, 0.15) is 13.2 Å². The molecule has 2 atom stereocenters. The van der Waals surface area contributed by atoms with Gasteiger partial charge in [-0.1, -0.05) is 19.2 Å². The lowest BCUT2D eigenvalue weighted by Gasteiger charge is -2.27. The summed E-state index contributed by atoms with van der Waals surface area (Å²) in [7, 11) is 0. The summed E-state index contributed by atoms with van der Waals surface area (Å²) < 4.78 is 21.1. The van der Waals surface area contributed by atoms with Crippen molar-refractivity contribution < 1.29 is 33.3 Å². The van der Waals surface area contributed by atoms with E-state index in [1.807, 2.05) is 0 Å². The van der Waals surface area contributed by atoms with Gasteiger partial charge < -0.3 is 23.8 Å². The Morgan fingerprint density at radius 2 is 1.71 bits per heavy atom. The van der Waals surface area contributed by atoms with Crippen molar-refractivity contribution in [3.05, 3.63) is 37.0 Å². The van der Waals surface area contributed by atoms with Gasteiger partial charge in [0.05, 0.1) is 25.7 Å². The summed E-state index contributed by atoms with van der Waals surface area (Å²) in [5.41, 5.74) is 0.590. The van der Waals surface area contributed by atoms with Crippen LogP contribution in [-0.4, -0.2) is 68.6 Å². The average Bonchev–Trinajstić information content (AvgIpc) is 3.03. The molecule has 0 spiro atoms. The van der Waals surface area contributed by atoms with Gasteiger partial charge in [0.15, 0.2) is 6.23 Å². The van der Waals surface area contributed by atoms with Gasteiger partial charge in [-0.3, -0.25) is 4.79 Å². The lowest BCUT2D eigenvalue weighted by atomic mass is 10.1. The third-order valence-corrected chi connectivity index (χ3v) is 3.97. The standard InChI is InChI=1S/C20H29NO7/c1-6-16-7-8-21(18(16)22)17(13-28-20(24)15(4)5)26-11-9-25-10-12-27-19(23)14(2)3/h6,16-17H,1-2,4,7-13H2,3,5H3. The van der Waals surface area contributed by atoms with Crippen LogP contribution in [-0.2, 0) is 33.3 Å². The second-order valence-electron chi connectivity index (χ2n) is 6.40. The van der Waals surface area contributed by atoms with E-state index in [0.29, 0.717) is 18.5 Å². The third kappa shape index (κ3) is 7.66. The number of esters is 2. The fourth-order valence-corrected chi connectivity index (χ4v) is 2.39. The van der Waals surface area contributed by atoms with E-state index in [2.05, 4.69) is 19.7 Å². The summed E-state index contributed by atoms with van der Waals surface area (Å²) in [5, 5.41) is 0. The number of rotatable bonds is 13. The molecule has 1 saturated heterocycles. The zero-order valence-electron chi connectivity index (χ0n) is 16.6. The Kier molecular flexibility index (Phi) is 10.2. The molecule has 1 aliphatic heterocycles. The highest BCUT2D eigenvalue weighted by molar-refractivity contribution is 5.87. The molecule has 1 heterocycles. The SMILES string of the molecule is C=CC1CCN(C(COC(=O)C(=C)C)OCCOCCOC(=O)C(=C)C)C1=O. The van der Waals surface area contributed by atoms with E-state index in [1.54, 1.807) is 19.9 Å². The van der Waals surface area contributed by atoms with Gasteiger partial charge in [0.2, 0.25) is 5.91 Å². The van der Waals surface area contributed by atoms with E-state index in [4.69, 9.17) is 18.9 Å². The van der Waals surface area contributed by atoms with Gasteiger partial charge in [-0.05, 0) is 20.3 Å². The maximum absolute atomic E-state index is 12.4. The van der Waals surface area contributed by atoms with Crippen LogP contribution in [0.1, 0.15) is 20.3 Å². The van der Waals surface area contributed by atoms with Crippen molar-refractivity contribution in [2.24, 2.45) is 5.92 Å². The van der Waals surface area contributed by atoms with Crippen LogP contribution in [0.25, 0.3) is 0 Å². The van der Waals surface area contributed by atoms with Gasteiger partial charge in [-0.2, -0.15) is 0 Å². The Morgan fingerprint density at radius 3 is 2.29 bits per heavy atom. The topological polar surface area (TPSA) is 91.4 Å². The molecule has 0 aromatic heterocycles. The molecule has 0 aromatic carbocycles. The number of ether oxygens (including phenoxy) is 4. The Bertz CT molecular complexity index is 614. The zero-order valence-corrected chi connectivity index (χ0v) is 16.6. The lowest BCUT2D eigenvalue weighted by Crippen LogP contribution is -2.43. The number of carbonyl (C=O) groups excluding carboxylic acids is 3. The Hall–Kier alpha value is -2.45. The zero-order chi connectivity index (χ0) is 21.1. The lowest BCUT2D eigenvalue weighted by molar-refractivity contribution is -0.161. The first-order valence-corrected chi connectivity index (χ1v) is 9.05. The summed E-state index contributed by atoms with van der Waals surface area (Å²) in [6.07, 6.45) is 1.53. The van der Waals surface area contributed by atoms with Gasteiger partial charge in [0.25, 0.3) is 0 Å². The highest BCUT2D eigenvalue weighted by atomic mass is 16.6. The third-order valence-electron chi connectivity index (χ3n) is 3.97. The Morgan fingerprint density at radius 1 is 1.11 bits per heavy atom. The molecule has 0 bridgehead atoms. The summed E-state index contributed by atoms with van der Waals surface area (Å²) in [4.78, 5) is 36.8. The molecule has 0 aromatic rings. The molecule has 156 valence electrons. The Labute approximate surface area is 165 Å². The minimum absolute atomic E-state index is 0.0997. The number of hydrogen-bond donors (Lipinski definition) is 0. The number of amides is 1. The van der Waals surface area contributed by atoms with Crippen molar-refractivity contribution in [2.45, 2.75) is 26.5 Å². The van der Waals surface area contributed by atoms with E-state index < -0.39 is 18.2 Å². The van der Waals surface area contributed by atoms with E-state index in [0.717, 1.165) is 0 Å². The predicted octanol–water partition coefficient (Wildman–Crippen LogP) is 1.62. The molecule has 1 rings (SSSR count). The molecule has 0 radical (unpaired) electrons. The van der Waals surface area contributed by atoms with Crippen LogP contribution in [0.4, 0.5) is 0 Å². The number of likely N-dealkylation sites (tertiary alicyclic amines) is 1. The fourth-order valence-electron chi connectivity index (χ4n) is 2.39. The molecular weight excluding hydrogens is 366 g/mol. The minimum atomic E-state index is -0.717. The molecule has 2 unspecified atom stereocenters. The first-order valence-electron chi connectivity index (χ1n) is 9.05. The maximum Gasteiger partial charge on any atom is 0.333 e. The van der Waals surface area contributed by atoms with Crippen LogP contribution < -0.4 is 0 Å². The molecule has 1 fully saturated rings. The van der Waals surface area contributed by atoms with Crippen LogP contribution in [0, 0.1) is 5.92 Å². The highest BCUT2D eigenvalue weighted by Crippen LogP contribution is 2.22. The summed E-state index contributed by atoms with van der Waals surface area (Å²) in [6, 6.07) is 0. The van der Waals surface area contributed by atoms with Crippen molar-refractivity contribution in [1.82, 2.24) is 4.90 Å². The molecule has 0 aliphatic carbocycles. The van der Waals surface area contributed by atoms with Crippen molar-refractivity contribution in [1.29, 1.82) is 0 Å². The smallest absolute Gasteiger partial charge is 0.333 e. The van der Waals surface area contributed by atoms with Gasteiger partial charge in [0, 0.05) is 17.7 Å². The fraction of sp³-hybridized carbons (Fsp3) is 0.550. The Balaban J connectivity index is 2.43. The van der Waals surface area contributed by atoms with Gasteiger partial charge >= 0.3 is 11.9 Å². The van der Waals surface area contributed by atoms with Crippen molar-refractivity contribution in [2.75, 3.05) is 39.6 Å². The van der Waals surface area contributed by atoms with Crippen molar-refractivity contribution >= 4 is 17.8 Å². The summed E-state index contributed by atoms with van der Waals surface area (Å²) >= 11 is 0. The van der Waals surface area contributed by atoms with E-state index in [-0.39, 0.29) is 50.4 Å². The first kappa shape index (κ1) is 23.6. The van der Waals surface area contributed by atoms with E-state index in [1.165, 1.54) is 4.90 Å². The number of hydrogen-bond acceptors (Lipinski definition) is 7. The van der Waals surface area contributed by atoms with Crippen molar-refractivity contribution in [3.8, 4) is 0 Å². The molecule has 0 saturated carbocycles. The van der Waals surface area contributed by atoms with Crippen LogP contribution in [0.3, 0.4) is 0 Å². The second-order valence-corrected chi connectivity index (χ2v) is 6.40. The van der Waals surface area contributed by atoms with Crippen LogP contribution in [0.2, 0.25) is 0 Å². The van der Waals surface area contributed by atoms with Gasteiger partial charge in [-0.15, -0.1) is 6.58 Å². The number of carbonyl (C=O) groups is 3. The average molecular weight is 395 g/mol. The monoisotopic (exact) mass is 395 g/mol. The minimum Gasteiger partial charge on any atom is -0.460 e. The van der Waals surface area contributed by atoms with Crippen LogP contribution in [0.15, 0.2) is 37.0 Å². The molecule has 28 heavy (non-hydrogen) atoms. The van der Waals surface area contributed by atoms with Gasteiger partial charge in [-0.25, -0.2) is 9.59 Å². The molecule has 8 nitrogen and oxygen atoms in total. The first-order chi connectivity index (χ1) is 13.3. The largest absolute Gasteiger partial charge is 0.460 e.